The number of rotatable bonds is 7. The van der Waals surface area contributed by atoms with Crippen molar-refractivity contribution >= 4 is 44.7 Å². The number of hydrogen-bond acceptors (Lipinski definition) is 6. The lowest BCUT2D eigenvalue weighted by Crippen LogP contribution is -2.31. The Bertz CT molecular complexity index is 1200. The molecule has 0 bridgehead atoms. The van der Waals surface area contributed by atoms with Crippen LogP contribution >= 0.6 is 27.3 Å². The number of nitrogens with zero attached hydrogens (tertiary/aromatic N) is 1. The van der Waals surface area contributed by atoms with Gasteiger partial charge >= 0.3 is 0 Å². The molecular weight excluding hydrogens is 506 g/mol. The van der Waals surface area contributed by atoms with Crippen LogP contribution in [0.2, 0.25) is 0 Å². The van der Waals surface area contributed by atoms with E-state index >= 15 is 0 Å². The minimum Gasteiger partial charge on any atom is -0.507 e. The van der Waals surface area contributed by atoms with Gasteiger partial charge in [0.05, 0.1) is 25.8 Å². The Labute approximate surface area is 204 Å². The summed E-state index contributed by atoms with van der Waals surface area (Å²) in [6.07, 6.45) is 0.508. The molecule has 1 aliphatic heterocycles. The molecule has 0 unspecified atom stereocenters. The largest absolute Gasteiger partial charge is 0.507 e. The fraction of sp³-hybridized carbons (Fsp3) is 0.200. The smallest absolute Gasteiger partial charge is 0.295 e. The molecule has 1 N–H and O–H groups in total. The van der Waals surface area contributed by atoms with Crippen molar-refractivity contribution in [2.45, 2.75) is 12.5 Å². The van der Waals surface area contributed by atoms with Crippen molar-refractivity contribution < 1.29 is 24.2 Å². The number of ether oxygens (including phenoxy) is 2. The zero-order valence-corrected chi connectivity index (χ0v) is 20.5. The summed E-state index contributed by atoms with van der Waals surface area (Å²) in [6, 6.07) is 15.7. The van der Waals surface area contributed by atoms with Crippen LogP contribution in [-0.4, -0.2) is 42.5 Å². The maximum absolute atomic E-state index is 13.0. The van der Waals surface area contributed by atoms with Gasteiger partial charge in [0.25, 0.3) is 11.7 Å². The topological polar surface area (TPSA) is 76.1 Å². The fourth-order valence-corrected chi connectivity index (χ4v) is 5.01. The third-order valence-electron chi connectivity index (χ3n) is 5.56. The second kappa shape index (κ2) is 9.80. The molecule has 0 aliphatic carbocycles. The molecule has 6 nitrogen and oxygen atoms in total. The first-order chi connectivity index (χ1) is 15.9. The van der Waals surface area contributed by atoms with Crippen LogP contribution in [0.15, 0.2) is 70.0 Å². The fourth-order valence-electron chi connectivity index (χ4n) is 3.90. The van der Waals surface area contributed by atoms with E-state index in [4.69, 9.17) is 9.47 Å². The molecule has 2 aromatic carbocycles. The second-order valence-corrected chi connectivity index (χ2v) is 9.35. The van der Waals surface area contributed by atoms with Crippen LogP contribution in [0.4, 0.5) is 0 Å². The monoisotopic (exact) mass is 527 g/mol. The Hall–Kier alpha value is -3.10. The summed E-state index contributed by atoms with van der Waals surface area (Å²) in [5, 5.41) is 12.9. The summed E-state index contributed by atoms with van der Waals surface area (Å²) < 4.78 is 11.5. The number of carbonyl (C=O) groups is 2. The summed E-state index contributed by atoms with van der Waals surface area (Å²) in [5.74, 6) is -0.251. The predicted octanol–water partition coefficient (Wildman–Crippen LogP) is 5.19. The number of benzene rings is 2. The van der Waals surface area contributed by atoms with Gasteiger partial charge in [0, 0.05) is 21.5 Å². The van der Waals surface area contributed by atoms with Gasteiger partial charge in [-0.05, 0) is 47.7 Å². The first-order valence-electron chi connectivity index (χ1n) is 10.2. The Morgan fingerprint density at radius 3 is 2.42 bits per heavy atom. The number of hydrogen-bond donors (Lipinski definition) is 1. The number of aliphatic hydroxyl groups is 1. The zero-order chi connectivity index (χ0) is 23.5. The highest BCUT2D eigenvalue weighted by Gasteiger charge is 2.46. The number of ketones is 1. The van der Waals surface area contributed by atoms with Gasteiger partial charge in [-0.1, -0.05) is 40.2 Å². The molecule has 1 aliphatic rings. The minimum atomic E-state index is -0.680. The molecule has 1 amide bonds. The molecule has 170 valence electrons. The molecule has 3 aromatic rings. The van der Waals surface area contributed by atoms with Crippen molar-refractivity contribution in [2.24, 2.45) is 0 Å². The van der Waals surface area contributed by atoms with Gasteiger partial charge in [0.15, 0.2) is 11.5 Å². The highest BCUT2D eigenvalue weighted by molar-refractivity contribution is 9.10. The number of halogens is 1. The molecular formula is C25H22BrNO5S. The van der Waals surface area contributed by atoms with Gasteiger partial charge in [0.1, 0.15) is 5.76 Å². The van der Waals surface area contributed by atoms with E-state index in [2.05, 4.69) is 15.9 Å². The normalized spacial score (nSPS) is 17.4. The maximum Gasteiger partial charge on any atom is 0.295 e. The Balaban J connectivity index is 1.69. The molecule has 1 atom stereocenters. The van der Waals surface area contributed by atoms with Crippen LogP contribution in [0.25, 0.3) is 5.76 Å². The van der Waals surface area contributed by atoms with Crippen molar-refractivity contribution in [3.8, 4) is 11.5 Å². The number of methoxy groups -OCH3 is 2. The van der Waals surface area contributed by atoms with Gasteiger partial charge < -0.3 is 19.5 Å². The molecule has 2 heterocycles. The van der Waals surface area contributed by atoms with E-state index in [9.17, 15) is 14.7 Å². The van der Waals surface area contributed by atoms with Gasteiger partial charge in [0.2, 0.25) is 0 Å². The van der Waals surface area contributed by atoms with Gasteiger partial charge in [-0.2, -0.15) is 0 Å². The van der Waals surface area contributed by atoms with E-state index in [-0.39, 0.29) is 11.3 Å². The Morgan fingerprint density at radius 2 is 1.79 bits per heavy atom. The number of likely N-dealkylation sites (tertiary alicyclic amines) is 1. The predicted molar refractivity (Wildman–Crippen MR) is 131 cm³/mol. The summed E-state index contributed by atoms with van der Waals surface area (Å²) >= 11 is 4.82. The van der Waals surface area contributed by atoms with Crippen LogP contribution in [-0.2, 0) is 16.0 Å². The molecule has 8 heteroatoms. The van der Waals surface area contributed by atoms with E-state index in [1.54, 1.807) is 38.5 Å². The second-order valence-electron chi connectivity index (χ2n) is 7.45. The number of thiophene rings is 1. The van der Waals surface area contributed by atoms with Crippen LogP contribution < -0.4 is 9.47 Å². The summed E-state index contributed by atoms with van der Waals surface area (Å²) in [4.78, 5) is 28.4. The summed E-state index contributed by atoms with van der Waals surface area (Å²) in [6.45, 7) is 0.305. The molecule has 0 radical (unpaired) electrons. The summed E-state index contributed by atoms with van der Waals surface area (Å²) in [5.41, 5.74) is 1.53. The van der Waals surface area contributed by atoms with Crippen LogP contribution in [0.5, 0.6) is 11.5 Å². The Morgan fingerprint density at radius 1 is 1.06 bits per heavy atom. The van der Waals surface area contributed by atoms with Crippen molar-refractivity contribution in [3.63, 3.8) is 0 Å². The molecule has 1 aromatic heterocycles. The van der Waals surface area contributed by atoms with Crippen LogP contribution in [0.1, 0.15) is 22.0 Å². The zero-order valence-electron chi connectivity index (χ0n) is 18.1. The SMILES string of the molecule is COc1ccc(CCN2C(=O)C(=O)C(=C(O)c3ccc(Br)cc3)[C@H]2c2cccs2)cc1OC. The molecule has 33 heavy (non-hydrogen) atoms. The van der Waals surface area contributed by atoms with E-state index in [1.165, 1.54) is 16.2 Å². The maximum atomic E-state index is 13.0. The minimum absolute atomic E-state index is 0.108. The quantitative estimate of drug-likeness (QED) is 0.260. The third-order valence-corrected chi connectivity index (χ3v) is 7.01. The van der Waals surface area contributed by atoms with E-state index < -0.39 is 17.7 Å². The first-order valence-corrected chi connectivity index (χ1v) is 11.9. The van der Waals surface area contributed by atoms with Gasteiger partial charge in [-0.3, -0.25) is 9.59 Å². The van der Waals surface area contributed by atoms with E-state index in [0.29, 0.717) is 30.0 Å². The molecule has 1 saturated heterocycles. The number of carbonyl (C=O) groups excluding carboxylic acids is 2. The van der Waals surface area contributed by atoms with Crippen molar-refractivity contribution in [3.05, 3.63) is 86.0 Å². The number of Topliss-reactive ketones (excluding diaryl/α,β-unsaturated/α-hetero) is 1. The van der Waals surface area contributed by atoms with Crippen molar-refractivity contribution in [1.82, 2.24) is 4.90 Å². The van der Waals surface area contributed by atoms with Crippen LogP contribution in [0.3, 0.4) is 0 Å². The van der Waals surface area contributed by atoms with Gasteiger partial charge in [-0.25, -0.2) is 0 Å². The van der Waals surface area contributed by atoms with E-state index in [0.717, 1.165) is 14.9 Å². The first kappa shape index (κ1) is 23.1. The number of aliphatic hydroxyl groups excluding tert-OH is 1. The average molecular weight is 528 g/mol. The van der Waals surface area contributed by atoms with Crippen LogP contribution in [0, 0.1) is 0 Å². The molecule has 0 spiro atoms. The lowest BCUT2D eigenvalue weighted by Gasteiger charge is -2.24. The van der Waals surface area contributed by atoms with Crippen molar-refractivity contribution in [2.75, 3.05) is 20.8 Å². The molecule has 4 rings (SSSR count). The standard InChI is InChI=1S/C25H22BrNO5S/c1-31-18-10-5-15(14-19(18)32-2)11-12-27-22(20-4-3-13-33-20)21(24(29)25(27)30)23(28)16-6-8-17(26)9-7-16/h3-10,13-14,22,28H,11-12H2,1-2H3/t22-/m1/s1. The van der Waals surface area contributed by atoms with Gasteiger partial charge in [-0.15, -0.1) is 11.3 Å². The van der Waals surface area contributed by atoms with E-state index in [1.807, 2.05) is 35.7 Å². The Kier molecular flexibility index (Phi) is 6.85. The number of amides is 1. The highest BCUT2D eigenvalue weighted by Crippen LogP contribution is 2.41. The third kappa shape index (κ3) is 4.54. The van der Waals surface area contributed by atoms with Crippen molar-refractivity contribution in [1.29, 1.82) is 0 Å². The molecule has 0 saturated carbocycles. The molecule has 1 fully saturated rings. The lowest BCUT2D eigenvalue weighted by atomic mass is 10.00. The summed E-state index contributed by atoms with van der Waals surface area (Å²) in [7, 11) is 3.14. The average Bonchev–Trinajstić information content (AvgIpc) is 3.44. The lowest BCUT2D eigenvalue weighted by molar-refractivity contribution is -0.139. The highest BCUT2D eigenvalue weighted by atomic mass is 79.9.